The van der Waals surface area contributed by atoms with Crippen molar-refractivity contribution in [3.8, 4) is 11.1 Å². The van der Waals surface area contributed by atoms with E-state index in [9.17, 15) is 9.59 Å². The Kier molecular flexibility index (Phi) is 5.94. The minimum Gasteiger partial charge on any atom is -0.464 e. The Morgan fingerprint density at radius 1 is 1.21 bits per heavy atom. The summed E-state index contributed by atoms with van der Waals surface area (Å²) in [6, 6.07) is 8.24. The first-order chi connectivity index (χ1) is 13.7. The van der Waals surface area contributed by atoms with Crippen molar-refractivity contribution in [2.45, 2.75) is 59.4 Å². The van der Waals surface area contributed by atoms with E-state index in [1.807, 2.05) is 31.4 Å². The van der Waals surface area contributed by atoms with Crippen LogP contribution < -0.4 is 5.56 Å². The van der Waals surface area contributed by atoms with Crippen molar-refractivity contribution in [1.29, 1.82) is 0 Å². The molecule has 0 radical (unpaired) electrons. The van der Waals surface area contributed by atoms with Crippen molar-refractivity contribution in [2.24, 2.45) is 0 Å². The van der Waals surface area contributed by atoms with E-state index in [2.05, 4.69) is 19.1 Å². The monoisotopic (exact) mass is 412 g/mol. The van der Waals surface area contributed by atoms with E-state index in [1.54, 1.807) is 20.8 Å². The van der Waals surface area contributed by atoms with Crippen molar-refractivity contribution in [1.82, 2.24) is 9.55 Å². The second-order valence-electron chi connectivity index (χ2n) is 7.92. The Bertz CT molecular complexity index is 1090. The first kappa shape index (κ1) is 21.2. The van der Waals surface area contributed by atoms with Gasteiger partial charge in [0.05, 0.1) is 12.0 Å². The molecule has 0 unspecified atom stereocenters. The summed E-state index contributed by atoms with van der Waals surface area (Å²) in [6.45, 7) is 11.5. The molecule has 0 aliphatic carbocycles. The summed E-state index contributed by atoms with van der Waals surface area (Å²) in [5.41, 5.74) is 1.72. The first-order valence-corrected chi connectivity index (χ1v) is 10.9. The number of benzene rings is 1. The third-order valence-corrected chi connectivity index (χ3v) is 6.03. The predicted molar refractivity (Wildman–Crippen MR) is 119 cm³/mol. The maximum atomic E-state index is 13.7. The number of rotatable bonds is 6. The van der Waals surface area contributed by atoms with Gasteiger partial charge in [0.25, 0.3) is 5.56 Å². The van der Waals surface area contributed by atoms with E-state index >= 15 is 0 Å². The van der Waals surface area contributed by atoms with Crippen LogP contribution in [-0.4, -0.2) is 22.1 Å². The molecule has 0 amide bonds. The molecular formula is C23H28N2O3S. The minimum absolute atomic E-state index is 0.0183. The highest BCUT2D eigenvalue weighted by atomic mass is 32.1. The SMILES string of the molecule is CCOC(=O)C(C)(C)n1c(C(C)C)nc2scc(-c3ccc(CC)cc3)c2c1=O. The fraction of sp³-hybridized carbons (Fsp3) is 0.435. The second-order valence-corrected chi connectivity index (χ2v) is 8.78. The van der Waals surface area contributed by atoms with Gasteiger partial charge in [-0.25, -0.2) is 9.78 Å². The number of fused-ring (bicyclic) bond motifs is 1. The van der Waals surface area contributed by atoms with E-state index < -0.39 is 11.5 Å². The normalized spacial score (nSPS) is 12.0. The van der Waals surface area contributed by atoms with E-state index in [0.29, 0.717) is 16.0 Å². The maximum Gasteiger partial charge on any atom is 0.331 e. The fourth-order valence-electron chi connectivity index (χ4n) is 3.47. The van der Waals surface area contributed by atoms with E-state index in [-0.39, 0.29) is 18.1 Å². The molecule has 0 N–H and O–H groups in total. The zero-order chi connectivity index (χ0) is 21.3. The molecule has 0 saturated heterocycles. The number of thiophene rings is 1. The fourth-order valence-corrected chi connectivity index (χ4v) is 4.41. The average Bonchev–Trinajstić information content (AvgIpc) is 3.12. The highest BCUT2D eigenvalue weighted by Crippen LogP contribution is 2.33. The Hall–Kier alpha value is -2.47. The molecule has 0 bridgehead atoms. The standard InChI is InChI=1S/C23H28N2O3S/c1-7-15-9-11-16(12-10-15)17-13-29-20-18(17)21(26)25(19(24-20)14(3)4)23(5,6)22(27)28-8-2/h9-14H,7-8H2,1-6H3. The van der Waals surface area contributed by atoms with Crippen LogP contribution >= 0.6 is 11.3 Å². The molecule has 0 spiro atoms. The molecule has 0 saturated carbocycles. The predicted octanol–water partition coefficient (Wildman–Crippen LogP) is 5.11. The molecule has 0 aliphatic heterocycles. The molecular weight excluding hydrogens is 384 g/mol. The largest absolute Gasteiger partial charge is 0.464 e. The Labute approximate surface area is 175 Å². The van der Waals surface area contributed by atoms with Gasteiger partial charge in [0.2, 0.25) is 0 Å². The van der Waals surface area contributed by atoms with Crippen LogP contribution in [0.3, 0.4) is 0 Å². The van der Waals surface area contributed by atoms with Gasteiger partial charge in [0, 0.05) is 16.9 Å². The molecule has 6 heteroatoms. The number of esters is 1. The molecule has 3 rings (SSSR count). The molecule has 0 atom stereocenters. The van der Waals surface area contributed by atoms with E-state index in [1.165, 1.54) is 21.5 Å². The third-order valence-electron chi connectivity index (χ3n) is 5.16. The van der Waals surface area contributed by atoms with Gasteiger partial charge >= 0.3 is 5.97 Å². The summed E-state index contributed by atoms with van der Waals surface area (Å²) in [5.74, 6) is 0.139. The number of aryl methyl sites for hydroxylation is 1. The molecule has 29 heavy (non-hydrogen) atoms. The maximum absolute atomic E-state index is 13.7. The summed E-state index contributed by atoms with van der Waals surface area (Å²) in [5, 5.41) is 2.53. The first-order valence-electron chi connectivity index (χ1n) is 10.0. The number of carbonyl (C=O) groups is 1. The molecule has 2 aromatic heterocycles. The van der Waals surface area contributed by atoms with Gasteiger partial charge in [-0.1, -0.05) is 45.0 Å². The number of hydrogen-bond donors (Lipinski definition) is 0. The van der Waals surface area contributed by atoms with Crippen LogP contribution in [0.4, 0.5) is 0 Å². The highest BCUT2D eigenvalue weighted by Gasteiger charge is 2.36. The van der Waals surface area contributed by atoms with Crippen molar-refractivity contribution in [3.05, 3.63) is 51.4 Å². The summed E-state index contributed by atoms with van der Waals surface area (Å²) < 4.78 is 6.78. The Morgan fingerprint density at radius 2 is 1.86 bits per heavy atom. The molecule has 0 fully saturated rings. The molecule has 0 aliphatic rings. The minimum atomic E-state index is -1.15. The quantitative estimate of drug-likeness (QED) is 0.528. The summed E-state index contributed by atoms with van der Waals surface area (Å²) in [6.07, 6.45) is 0.963. The van der Waals surface area contributed by atoms with E-state index in [4.69, 9.17) is 9.72 Å². The number of aromatic nitrogens is 2. The zero-order valence-electron chi connectivity index (χ0n) is 17.9. The zero-order valence-corrected chi connectivity index (χ0v) is 18.7. The van der Waals surface area contributed by atoms with Gasteiger partial charge in [0.15, 0.2) is 0 Å². The summed E-state index contributed by atoms with van der Waals surface area (Å²) >= 11 is 1.46. The van der Waals surface area contributed by atoms with Gasteiger partial charge in [-0.05, 0) is 38.3 Å². The third kappa shape index (κ3) is 3.73. The van der Waals surface area contributed by atoms with Crippen LogP contribution in [0.5, 0.6) is 0 Å². The number of ether oxygens (including phenoxy) is 1. The lowest BCUT2D eigenvalue weighted by atomic mass is 10.0. The molecule has 5 nitrogen and oxygen atoms in total. The lowest BCUT2D eigenvalue weighted by molar-refractivity contribution is -0.152. The summed E-state index contributed by atoms with van der Waals surface area (Å²) in [7, 11) is 0. The van der Waals surface area contributed by atoms with Crippen molar-refractivity contribution in [2.75, 3.05) is 6.61 Å². The van der Waals surface area contributed by atoms with Gasteiger partial charge < -0.3 is 4.74 Å². The topological polar surface area (TPSA) is 61.2 Å². The lowest BCUT2D eigenvalue weighted by Crippen LogP contribution is -2.46. The van der Waals surface area contributed by atoms with Crippen molar-refractivity contribution in [3.63, 3.8) is 0 Å². The van der Waals surface area contributed by atoms with Gasteiger partial charge in [-0.3, -0.25) is 9.36 Å². The summed E-state index contributed by atoms with van der Waals surface area (Å²) in [4.78, 5) is 31.9. The van der Waals surface area contributed by atoms with Gasteiger partial charge in [-0.15, -0.1) is 11.3 Å². The van der Waals surface area contributed by atoms with Crippen LogP contribution in [0, 0.1) is 0 Å². The van der Waals surface area contributed by atoms with Crippen LogP contribution in [-0.2, 0) is 21.5 Å². The molecule has 1 aromatic carbocycles. The number of nitrogens with zero attached hydrogens (tertiary/aromatic N) is 2. The van der Waals surface area contributed by atoms with Crippen LogP contribution in [0.15, 0.2) is 34.4 Å². The van der Waals surface area contributed by atoms with Crippen LogP contribution in [0.2, 0.25) is 0 Å². The van der Waals surface area contributed by atoms with Crippen molar-refractivity contribution >= 4 is 27.5 Å². The molecule has 154 valence electrons. The Morgan fingerprint density at radius 3 is 2.41 bits per heavy atom. The molecule has 2 heterocycles. The van der Waals surface area contributed by atoms with Gasteiger partial charge in [-0.2, -0.15) is 0 Å². The highest BCUT2D eigenvalue weighted by molar-refractivity contribution is 7.17. The average molecular weight is 413 g/mol. The smallest absolute Gasteiger partial charge is 0.331 e. The Balaban J connectivity index is 2.30. The number of carbonyl (C=O) groups excluding carboxylic acids is 1. The van der Waals surface area contributed by atoms with Crippen LogP contribution in [0.1, 0.15) is 58.8 Å². The lowest BCUT2D eigenvalue weighted by Gasteiger charge is -2.28. The van der Waals surface area contributed by atoms with Crippen LogP contribution in [0.25, 0.3) is 21.3 Å². The second kappa shape index (κ2) is 8.11. The van der Waals surface area contributed by atoms with E-state index in [0.717, 1.165) is 17.5 Å². The number of hydrogen-bond acceptors (Lipinski definition) is 5. The van der Waals surface area contributed by atoms with Crippen molar-refractivity contribution < 1.29 is 9.53 Å². The molecule has 3 aromatic rings. The van der Waals surface area contributed by atoms with Gasteiger partial charge in [0.1, 0.15) is 16.2 Å².